The van der Waals surface area contributed by atoms with Gasteiger partial charge in [0, 0.05) is 11.5 Å². The Hall–Kier alpha value is -0.0500. The summed E-state index contributed by atoms with van der Waals surface area (Å²) in [4.78, 5) is 3.62. The van der Waals surface area contributed by atoms with Crippen molar-refractivity contribution in [3.63, 3.8) is 0 Å². The van der Waals surface area contributed by atoms with Crippen molar-refractivity contribution in [3.8, 4) is 5.88 Å². The van der Waals surface area contributed by atoms with E-state index in [4.69, 9.17) is 0 Å². The largest absolute Gasteiger partial charge is 0.574 e. The van der Waals surface area contributed by atoms with Gasteiger partial charge in [-0.2, -0.15) is 0 Å². The summed E-state index contributed by atoms with van der Waals surface area (Å²) in [6, 6.07) is 0. The minimum atomic E-state index is -4.70. The standard InChI is InChI=1S/C8H6BrF3INO/c1-4-5(2-9)3-14-7(6(4)13)15-8(10,11)12/h3H,2H2,1H3. The van der Waals surface area contributed by atoms with Crippen LogP contribution in [-0.2, 0) is 5.33 Å². The molecule has 0 fully saturated rings. The average molecular weight is 396 g/mol. The highest BCUT2D eigenvalue weighted by Gasteiger charge is 2.33. The molecule has 0 N–H and O–H groups in total. The lowest BCUT2D eigenvalue weighted by molar-refractivity contribution is -0.276. The summed E-state index contributed by atoms with van der Waals surface area (Å²) in [6.45, 7) is 1.73. The van der Waals surface area contributed by atoms with Crippen molar-refractivity contribution in [2.24, 2.45) is 0 Å². The van der Waals surface area contributed by atoms with E-state index >= 15 is 0 Å². The molecule has 1 rings (SSSR count). The Morgan fingerprint density at radius 1 is 1.53 bits per heavy atom. The Bertz CT molecular complexity index is 370. The quantitative estimate of drug-likeness (QED) is 0.561. The smallest absolute Gasteiger partial charge is 0.387 e. The second-order valence-electron chi connectivity index (χ2n) is 2.71. The zero-order valence-electron chi connectivity index (χ0n) is 7.53. The zero-order chi connectivity index (χ0) is 11.6. The molecule has 0 amide bonds. The number of alkyl halides is 4. The van der Waals surface area contributed by atoms with Gasteiger partial charge in [0.25, 0.3) is 0 Å². The highest BCUT2D eigenvalue weighted by Crippen LogP contribution is 2.29. The van der Waals surface area contributed by atoms with Gasteiger partial charge < -0.3 is 4.74 Å². The third-order valence-corrected chi connectivity index (χ3v) is 3.57. The summed E-state index contributed by atoms with van der Waals surface area (Å²) in [6.07, 6.45) is -3.33. The van der Waals surface area contributed by atoms with Crippen LogP contribution in [0, 0.1) is 10.5 Å². The molecule has 0 aromatic carbocycles. The Morgan fingerprint density at radius 2 is 2.13 bits per heavy atom. The highest BCUT2D eigenvalue weighted by molar-refractivity contribution is 14.1. The van der Waals surface area contributed by atoms with Gasteiger partial charge in [-0.1, -0.05) is 15.9 Å². The predicted molar refractivity (Wildman–Crippen MR) is 61.0 cm³/mol. The molecule has 0 aliphatic rings. The lowest BCUT2D eigenvalue weighted by atomic mass is 10.2. The Morgan fingerprint density at radius 3 is 2.60 bits per heavy atom. The van der Waals surface area contributed by atoms with Crippen LogP contribution in [0.25, 0.3) is 0 Å². The molecule has 0 unspecified atom stereocenters. The van der Waals surface area contributed by atoms with Gasteiger partial charge in [-0.15, -0.1) is 13.2 Å². The number of hydrogen-bond acceptors (Lipinski definition) is 2. The molecular formula is C8H6BrF3INO. The van der Waals surface area contributed by atoms with Gasteiger partial charge in [-0.25, -0.2) is 4.98 Å². The molecule has 1 aromatic heterocycles. The number of rotatable bonds is 2. The number of ether oxygens (including phenoxy) is 1. The van der Waals surface area contributed by atoms with E-state index in [9.17, 15) is 13.2 Å². The molecule has 0 bridgehead atoms. The van der Waals surface area contributed by atoms with Crippen LogP contribution in [0.2, 0.25) is 0 Å². The molecule has 0 aliphatic heterocycles. The first-order valence-electron chi connectivity index (χ1n) is 3.81. The molecule has 0 spiro atoms. The van der Waals surface area contributed by atoms with Gasteiger partial charge in [0.05, 0.1) is 3.57 Å². The van der Waals surface area contributed by atoms with Gasteiger partial charge in [0.1, 0.15) is 0 Å². The lowest BCUT2D eigenvalue weighted by Crippen LogP contribution is -2.19. The fourth-order valence-electron chi connectivity index (χ4n) is 0.907. The normalized spacial score (nSPS) is 11.6. The maximum absolute atomic E-state index is 12.0. The van der Waals surface area contributed by atoms with Gasteiger partial charge in [0.2, 0.25) is 5.88 Å². The third kappa shape index (κ3) is 3.47. The molecule has 1 heterocycles. The molecule has 1 aromatic rings. The first kappa shape index (κ1) is 13.0. The molecule has 7 heteroatoms. The minimum Gasteiger partial charge on any atom is -0.387 e. The van der Waals surface area contributed by atoms with Crippen molar-refractivity contribution in [1.82, 2.24) is 4.98 Å². The first-order chi connectivity index (χ1) is 6.85. The Kier molecular flexibility index (Phi) is 4.21. The van der Waals surface area contributed by atoms with Crippen molar-refractivity contribution >= 4 is 38.5 Å². The zero-order valence-corrected chi connectivity index (χ0v) is 11.3. The Labute approximate surface area is 106 Å². The van der Waals surface area contributed by atoms with E-state index in [2.05, 4.69) is 25.7 Å². The maximum atomic E-state index is 12.0. The van der Waals surface area contributed by atoms with Gasteiger partial charge >= 0.3 is 6.36 Å². The van der Waals surface area contributed by atoms with E-state index in [1.54, 1.807) is 29.5 Å². The van der Waals surface area contributed by atoms with Crippen LogP contribution in [0.15, 0.2) is 6.20 Å². The van der Waals surface area contributed by atoms with Crippen molar-refractivity contribution in [2.75, 3.05) is 0 Å². The van der Waals surface area contributed by atoms with Gasteiger partial charge in [0.15, 0.2) is 0 Å². The number of nitrogens with zero attached hydrogens (tertiary/aromatic N) is 1. The van der Waals surface area contributed by atoms with E-state index in [1.807, 2.05) is 0 Å². The predicted octanol–water partition coefficient (Wildman–Crippen LogP) is 3.79. The lowest BCUT2D eigenvalue weighted by Gasteiger charge is -2.12. The maximum Gasteiger partial charge on any atom is 0.574 e. The summed E-state index contributed by atoms with van der Waals surface area (Å²) >= 11 is 5.01. The van der Waals surface area contributed by atoms with Crippen LogP contribution < -0.4 is 4.74 Å². The Balaban J connectivity index is 3.07. The molecule has 84 valence electrons. The number of halogens is 5. The molecule has 15 heavy (non-hydrogen) atoms. The summed E-state index contributed by atoms with van der Waals surface area (Å²) in [5.74, 6) is -0.398. The van der Waals surface area contributed by atoms with E-state index in [0.717, 1.165) is 11.1 Å². The molecular weight excluding hydrogens is 390 g/mol. The van der Waals surface area contributed by atoms with E-state index < -0.39 is 12.2 Å². The summed E-state index contributed by atoms with van der Waals surface area (Å²) in [7, 11) is 0. The summed E-state index contributed by atoms with van der Waals surface area (Å²) in [5.41, 5.74) is 1.58. The van der Waals surface area contributed by atoms with Gasteiger partial charge in [-0.05, 0) is 40.6 Å². The molecule has 0 aliphatic carbocycles. The number of hydrogen-bond donors (Lipinski definition) is 0. The first-order valence-corrected chi connectivity index (χ1v) is 6.01. The van der Waals surface area contributed by atoms with Crippen LogP contribution in [-0.4, -0.2) is 11.3 Å². The van der Waals surface area contributed by atoms with Crippen molar-refractivity contribution in [3.05, 3.63) is 20.9 Å². The monoisotopic (exact) mass is 395 g/mol. The summed E-state index contributed by atoms with van der Waals surface area (Å²) in [5, 5.41) is 0.550. The second-order valence-corrected chi connectivity index (χ2v) is 4.35. The fourth-order valence-corrected chi connectivity index (χ4v) is 2.07. The van der Waals surface area contributed by atoms with Gasteiger partial charge in [-0.3, -0.25) is 0 Å². The molecule has 0 radical (unpaired) electrons. The van der Waals surface area contributed by atoms with Crippen LogP contribution in [0.3, 0.4) is 0 Å². The van der Waals surface area contributed by atoms with Crippen LogP contribution in [0.5, 0.6) is 5.88 Å². The fraction of sp³-hybridized carbons (Fsp3) is 0.375. The van der Waals surface area contributed by atoms with E-state index in [0.29, 0.717) is 8.90 Å². The van der Waals surface area contributed by atoms with E-state index in [-0.39, 0.29) is 0 Å². The highest BCUT2D eigenvalue weighted by atomic mass is 127. The topological polar surface area (TPSA) is 22.1 Å². The van der Waals surface area contributed by atoms with Crippen LogP contribution in [0.4, 0.5) is 13.2 Å². The molecule has 0 saturated carbocycles. The van der Waals surface area contributed by atoms with Crippen LogP contribution in [0.1, 0.15) is 11.1 Å². The van der Waals surface area contributed by atoms with Crippen LogP contribution >= 0.6 is 38.5 Å². The SMILES string of the molecule is Cc1c(CBr)cnc(OC(F)(F)F)c1I. The number of aromatic nitrogens is 1. The van der Waals surface area contributed by atoms with Crippen molar-refractivity contribution in [1.29, 1.82) is 0 Å². The molecule has 0 atom stereocenters. The molecule has 0 saturated heterocycles. The van der Waals surface area contributed by atoms with Crippen molar-refractivity contribution in [2.45, 2.75) is 18.6 Å². The minimum absolute atomic E-state index is 0.377. The second kappa shape index (κ2) is 4.86. The van der Waals surface area contributed by atoms with Crippen molar-refractivity contribution < 1.29 is 17.9 Å². The van der Waals surface area contributed by atoms with E-state index in [1.165, 1.54) is 6.20 Å². The number of pyridine rings is 1. The average Bonchev–Trinajstić information content (AvgIpc) is 2.11. The summed E-state index contributed by atoms with van der Waals surface area (Å²) < 4.78 is 40.0. The molecule has 2 nitrogen and oxygen atoms in total. The third-order valence-electron chi connectivity index (χ3n) is 1.69.